The Hall–Kier alpha value is -1.80. The fourth-order valence-corrected chi connectivity index (χ4v) is 1.67. The van der Waals surface area contributed by atoms with Crippen LogP contribution in [-0.4, -0.2) is 10.1 Å². The molecule has 0 spiro atoms. The molecule has 1 aromatic heterocycles. The van der Waals surface area contributed by atoms with Gasteiger partial charge in [-0.2, -0.15) is 0 Å². The van der Waals surface area contributed by atoms with Crippen LogP contribution in [0.1, 0.15) is 17.0 Å². The number of hydrogen-bond acceptors (Lipinski definition) is 2. The lowest BCUT2D eigenvalue weighted by Gasteiger charge is -1.99. The Balaban J connectivity index is 2.29. The van der Waals surface area contributed by atoms with E-state index in [4.69, 9.17) is 11.6 Å². The number of aryl methyl sites for hydroxylation is 1. The number of phenols is 1. The molecule has 0 amide bonds. The fraction of sp³-hybridized carbons (Fsp3) is 0.0714. The average Bonchev–Trinajstić information content (AvgIpc) is 2.30. The SMILES string of the molecule is Cc1cccc(/C=C/c2cc(Cl)ccc2O)n1. The maximum atomic E-state index is 9.64. The van der Waals surface area contributed by atoms with Crippen LogP contribution in [0.5, 0.6) is 5.75 Å². The molecule has 0 atom stereocenters. The highest BCUT2D eigenvalue weighted by atomic mass is 35.5. The van der Waals surface area contributed by atoms with Gasteiger partial charge in [0.2, 0.25) is 0 Å². The van der Waals surface area contributed by atoms with Crippen LogP contribution in [0.4, 0.5) is 0 Å². The number of rotatable bonds is 2. The Morgan fingerprint density at radius 2 is 2.00 bits per heavy atom. The zero-order valence-electron chi connectivity index (χ0n) is 9.39. The van der Waals surface area contributed by atoms with E-state index in [-0.39, 0.29) is 5.75 Å². The third kappa shape index (κ3) is 3.08. The summed E-state index contributed by atoms with van der Waals surface area (Å²) in [6, 6.07) is 10.7. The van der Waals surface area contributed by atoms with E-state index in [0.717, 1.165) is 11.4 Å². The molecule has 0 saturated carbocycles. The molecule has 0 saturated heterocycles. The van der Waals surface area contributed by atoms with Crippen LogP contribution in [0.25, 0.3) is 12.2 Å². The summed E-state index contributed by atoms with van der Waals surface area (Å²) >= 11 is 5.86. The largest absolute Gasteiger partial charge is 0.507 e. The van der Waals surface area contributed by atoms with E-state index in [1.165, 1.54) is 0 Å². The van der Waals surface area contributed by atoms with Crippen LogP contribution in [0.15, 0.2) is 36.4 Å². The van der Waals surface area contributed by atoms with Crippen LogP contribution in [-0.2, 0) is 0 Å². The number of benzene rings is 1. The van der Waals surface area contributed by atoms with E-state index in [1.54, 1.807) is 24.3 Å². The smallest absolute Gasteiger partial charge is 0.122 e. The summed E-state index contributed by atoms with van der Waals surface area (Å²) in [4.78, 5) is 4.34. The van der Waals surface area contributed by atoms with Crippen molar-refractivity contribution in [2.45, 2.75) is 6.92 Å². The highest BCUT2D eigenvalue weighted by Crippen LogP contribution is 2.23. The van der Waals surface area contributed by atoms with Crippen LogP contribution in [0.2, 0.25) is 5.02 Å². The van der Waals surface area contributed by atoms with Gasteiger partial charge in [-0.05, 0) is 49.4 Å². The standard InChI is InChI=1S/C14H12ClNO/c1-10-3-2-4-13(16-10)7-5-11-9-12(15)6-8-14(11)17/h2-9,17H,1H3/b7-5+. The minimum absolute atomic E-state index is 0.207. The minimum Gasteiger partial charge on any atom is -0.507 e. The van der Waals surface area contributed by atoms with Gasteiger partial charge < -0.3 is 5.11 Å². The van der Waals surface area contributed by atoms with Gasteiger partial charge in [-0.15, -0.1) is 0 Å². The molecular formula is C14H12ClNO. The third-order valence-corrected chi connectivity index (χ3v) is 2.57. The van der Waals surface area contributed by atoms with Crippen molar-refractivity contribution in [3.8, 4) is 5.75 Å². The molecule has 17 heavy (non-hydrogen) atoms. The number of hydrogen-bond donors (Lipinski definition) is 1. The highest BCUT2D eigenvalue weighted by molar-refractivity contribution is 6.30. The van der Waals surface area contributed by atoms with Crippen molar-refractivity contribution in [1.29, 1.82) is 0 Å². The van der Waals surface area contributed by atoms with Gasteiger partial charge in [0.05, 0.1) is 5.69 Å². The molecule has 2 aromatic rings. The lowest BCUT2D eigenvalue weighted by atomic mass is 10.1. The molecule has 0 aliphatic heterocycles. The van der Waals surface area contributed by atoms with Gasteiger partial charge in [0.15, 0.2) is 0 Å². The van der Waals surface area contributed by atoms with Crippen LogP contribution in [0.3, 0.4) is 0 Å². The molecule has 0 unspecified atom stereocenters. The Morgan fingerprint density at radius 3 is 2.76 bits per heavy atom. The quantitative estimate of drug-likeness (QED) is 0.870. The molecule has 0 aliphatic carbocycles. The molecule has 1 aromatic carbocycles. The molecule has 0 bridgehead atoms. The van der Waals surface area contributed by atoms with Gasteiger partial charge in [0.1, 0.15) is 5.75 Å². The number of aromatic nitrogens is 1. The lowest BCUT2D eigenvalue weighted by molar-refractivity contribution is 0.474. The predicted molar refractivity (Wildman–Crippen MR) is 71.0 cm³/mol. The van der Waals surface area contributed by atoms with Crippen molar-refractivity contribution in [3.63, 3.8) is 0 Å². The van der Waals surface area contributed by atoms with Gasteiger partial charge in [-0.25, -0.2) is 0 Å². The van der Waals surface area contributed by atoms with Crippen molar-refractivity contribution in [3.05, 3.63) is 58.4 Å². The number of phenolic OH excluding ortho intramolecular Hbond substituents is 1. The Kier molecular flexibility index (Phi) is 3.45. The molecule has 3 heteroatoms. The predicted octanol–water partition coefficient (Wildman–Crippen LogP) is 3.92. The van der Waals surface area contributed by atoms with Gasteiger partial charge in [-0.3, -0.25) is 4.98 Å². The molecule has 1 N–H and O–H groups in total. The van der Waals surface area contributed by atoms with Gasteiger partial charge in [-0.1, -0.05) is 17.7 Å². The summed E-state index contributed by atoms with van der Waals surface area (Å²) in [5.41, 5.74) is 2.49. The summed E-state index contributed by atoms with van der Waals surface area (Å²) in [6.45, 7) is 1.94. The fourth-order valence-electron chi connectivity index (χ4n) is 1.49. The molecule has 2 rings (SSSR count). The van der Waals surface area contributed by atoms with E-state index in [2.05, 4.69) is 4.98 Å². The summed E-state index contributed by atoms with van der Waals surface area (Å²) in [7, 11) is 0. The molecular weight excluding hydrogens is 234 g/mol. The molecule has 0 aliphatic rings. The van der Waals surface area contributed by atoms with Crippen LogP contribution in [0, 0.1) is 6.92 Å². The molecule has 86 valence electrons. The van der Waals surface area contributed by atoms with Gasteiger partial charge >= 0.3 is 0 Å². The Morgan fingerprint density at radius 1 is 1.18 bits per heavy atom. The number of aromatic hydroxyl groups is 1. The summed E-state index contributed by atoms with van der Waals surface area (Å²) < 4.78 is 0. The van der Waals surface area contributed by atoms with E-state index in [0.29, 0.717) is 10.6 Å². The summed E-state index contributed by atoms with van der Waals surface area (Å²) in [6.07, 6.45) is 3.64. The normalized spacial score (nSPS) is 10.9. The first-order valence-electron chi connectivity index (χ1n) is 5.25. The highest BCUT2D eigenvalue weighted by Gasteiger charge is 1.98. The minimum atomic E-state index is 0.207. The van der Waals surface area contributed by atoms with E-state index in [9.17, 15) is 5.11 Å². The monoisotopic (exact) mass is 245 g/mol. The Labute approximate surface area is 105 Å². The Bertz CT molecular complexity index is 564. The van der Waals surface area contributed by atoms with Gasteiger partial charge in [0, 0.05) is 16.3 Å². The second-order valence-electron chi connectivity index (χ2n) is 3.74. The number of pyridine rings is 1. The van der Waals surface area contributed by atoms with Crippen molar-refractivity contribution in [2.24, 2.45) is 0 Å². The second-order valence-corrected chi connectivity index (χ2v) is 4.18. The van der Waals surface area contributed by atoms with Crippen molar-refractivity contribution in [1.82, 2.24) is 4.98 Å². The first-order chi connectivity index (χ1) is 8.15. The first kappa shape index (κ1) is 11.7. The second kappa shape index (κ2) is 5.02. The topological polar surface area (TPSA) is 33.1 Å². The maximum absolute atomic E-state index is 9.64. The molecule has 2 nitrogen and oxygen atoms in total. The molecule has 1 heterocycles. The summed E-state index contributed by atoms with van der Waals surface area (Å²) in [5, 5.41) is 10.2. The maximum Gasteiger partial charge on any atom is 0.122 e. The molecule has 0 fully saturated rings. The van der Waals surface area contributed by atoms with Crippen molar-refractivity contribution in [2.75, 3.05) is 0 Å². The third-order valence-electron chi connectivity index (χ3n) is 2.33. The lowest BCUT2D eigenvalue weighted by Crippen LogP contribution is -1.83. The summed E-state index contributed by atoms with van der Waals surface area (Å²) in [5.74, 6) is 0.207. The van der Waals surface area contributed by atoms with E-state index < -0.39 is 0 Å². The van der Waals surface area contributed by atoms with Crippen molar-refractivity contribution >= 4 is 23.8 Å². The zero-order chi connectivity index (χ0) is 12.3. The van der Waals surface area contributed by atoms with E-state index >= 15 is 0 Å². The molecule has 0 radical (unpaired) electrons. The van der Waals surface area contributed by atoms with Crippen LogP contribution < -0.4 is 0 Å². The average molecular weight is 246 g/mol. The van der Waals surface area contributed by atoms with Crippen LogP contribution >= 0.6 is 11.6 Å². The number of halogens is 1. The number of nitrogens with zero attached hydrogens (tertiary/aromatic N) is 1. The first-order valence-corrected chi connectivity index (χ1v) is 5.63. The van der Waals surface area contributed by atoms with E-state index in [1.807, 2.05) is 31.2 Å². The van der Waals surface area contributed by atoms with Crippen molar-refractivity contribution < 1.29 is 5.11 Å². The zero-order valence-corrected chi connectivity index (χ0v) is 10.1. The van der Waals surface area contributed by atoms with Gasteiger partial charge in [0.25, 0.3) is 0 Å².